The first-order valence-corrected chi connectivity index (χ1v) is 8.91. The van der Waals surface area contributed by atoms with Gasteiger partial charge in [-0.05, 0) is 42.7 Å². The van der Waals surface area contributed by atoms with Crippen molar-refractivity contribution in [3.63, 3.8) is 0 Å². The molecule has 138 valence electrons. The number of anilines is 2. The molecule has 2 aromatic rings. The summed E-state index contributed by atoms with van der Waals surface area (Å²) in [4.78, 5) is 24.5. The molecule has 0 saturated heterocycles. The molecular formula is C20H24ClN3O2. The van der Waals surface area contributed by atoms with Crippen molar-refractivity contribution in [1.82, 2.24) is 5.32 Å². The number of rotatable bonds is 7. The van der Waals surface area contributed by atoms with Gasteiger partial charge in [-0.1, -0.05) is 43.6 Å². The largest absolute Gasteiger partial charge is 0.376 e. The Balaban J connectivity index is 1.98. The lowest BCUT2D eigenvalue weighted by molar-refractivity contribution is -0.114. The van der Waals surface area contributed by atoms with Crippen molar-refractivity contribution in [3.8, 4) is 0 Å². The smallest absolute Gasteiger partial charge is 0.253 e. The van der Waals surface area contributed by atoms with Crippen molar-refractivity contribution >= 4 is 34.8 Å². The third kappa shape index (κ3) is 5.77. The summed E-state index contributed by atoms with van der Waals surface area (Å²) in [6.07, 6.45) is 0. The molecule has 0 aliphatic carbocycles. The summed E-state index contributed by atoms with van der Waals surface area (Å²) in [5.41, 5.74) is 2.67. The molecule has 2 aromatic carbocycles. The van der Waals surface area contributed by atoms with Crippen molar-refractivity contribution in [2.24, 2.45) is 5.92 Å². The van der Waals surface area contributed by atoms with Crippen LogP contribution in [-0.2, 0) is 4.79 Å². The first-order chi connectivity index (χ1) is 12.4. The number of amides is 2. The highest BCUT2D eigenvalue weighted by Crippen LogP contribution is 2.20. The molecule has 0 spiro atoms. The maximum Gasteiger partial charge on any atom is 0.253 e. The monoisotopic (exact) mass is 373 g/mol. The SMILES string of the molecule is Cc1ccc(NCC(=O)Nc2ccccc2C(=O)NCC(C)C)cc1Cl. The summed E-state index contributed by atoms with van der Waals surface area (Å²) in [6.45, 7) is 6.62. The number of halogens is 1. The molecule has 0 unspecified atom stereocenters. The molecule has 0 atom stereocenters. The zero-order valence-corrected chi connectivity index (χ0v) is 16.0. The normalized spacial score (nSPS) is 10.5. The molecule has 0 fully saturated rings. The molecule has 3 N–H and O–H groups in total. The van der Waals surface area contributed by atoms with Crippen LogP contribution < -0.4 is 16.0 Å². The van der Waals surface area contributed by atoms with E-state index in [9.17, 15) is 9.59 Å². The van der Waals surface area contributed by atoms with E-state index in [4.69, 9.17) is 11.6 Å². The number of carbonyl (C=O) groups excluding carboxylic acids is 2. The first-order valence-electron chi connectivity index (χ1n) is 8.54. The van der Waals surface area contributed by atoms with Gasteiger partial charge in [0.05, 0.1) is 17.8 Å². The fraction of sp³-hybridized carbons (Fsp3) is 0.300. The molecule has 2 amide bonds. The van der Waals surface area contributed by atoms with Gasteiger partial charge in [0.15, 0.2) is 0 Å². The second kappa shape index (κ2) is 9.25. The molecule has 6 heteroatoms. The first kappa shape index (κ1) is 19.8. The van der Waals surface area contributed by atoms with Gasteiger partial charge < -0.3 is 16.0 Å². The number of carbonyl (C=O) groups is 2. The molecule has 5 nitrogen and oxygen atoms in total. The van der Waals surface area contributed by atoms with Crippen molar-refractivity contribution in [2.75, 3.05) is 23.7 Å². The minimum absolute atomic E-state index is 0.0708. The lowest BCUT2D eigenvalue weighted by atomic mass is 10.1. The number of hydrogen-bond donors (Lipinski definition) is 3. The quantitative estimate of drug-likeness (QED) is 0.684. The van der Waals surface area contributed by atoms with Crippen molar-refractivity contribution in [1.29, 1.82) is 0 Å². The average Bonchev–Trinajstić information content (AvgIpc) is 2.61. The molecule has 0 aliphatic rings. The Hall–Kier alpha value is -2.53. The molecule has 0 aromatic heterocycles. The van der Waals surface area contributed by atoms with E-state index in [0.717, 1.165) is 11.3 Å². The van der Waals surface area contributed by atoms with Crippen LogP contribution in [0.25, 0.3) is 0 Å². The highest BCUT2D eigenvalue weighted by molar-refractivity contribution is 6.31. The Kier molecular flexibility index (Phi) is 7.04. The predicted octanol–water partition coefficient (Wildman–Crippen LogP) is 4.08. The van der Waals surface area contributed by atoms with E-state index in [1.807, 2.05) is 32.9 Å². The van der Waals surface area contributed by atoms with E-state index in [-0.39, 0.29) is 18.4 Å². The van der Waals surface area contributed by atoms with Gasteiger partial charge in [0.1, 0.15) is 0 Å². The van der Waals surface area contributed by atoms with Crippen LogP contribution in [0.4, 0.5) is 11.4 Å². The van der Waals surface area contributed by atoms with Crippen LogP contribution in [0.3, 0.4) is 0 Å². The van der Waals surface area contributed by atoms with Gasteiger partial charge in [0, 0.05) is 17.3 Å². The van der Waals surface area contributed by atoms with Gasteiger partial charge in [-0.3, -0.25) is 9.59 Å². The van der Waals surface area contributed by atoms with Gasteiger partial charge in [0.2, 0.25) is 5.91 Å². The van der Waals surface area contributed by atoms with Crippen LogP contribution in [0.1, 0.15) is 29.8 Å². The van der Waals surface area contributed by atoms with E-state index in [1.165, 1.54) is 0 Å². The highest BCUT2D eigenvalue weighted by atomic mass is 35.5. The molecule has 0 aliphatic heterocycles. The summed E-state index contributed by atoms with van der Waals surface area (Å²) >= 11 is 6.08. The summed E-state index contributed by atoms with van der Waals surface area (Å²) in [7, 11) is 0. The Morgan fingerprint density at radius 2 is 1.85 bits per heavy atom. The van der Waals surface area contributed by atoms with Crippen molar-refractivity contribution in [3.05, 3.63) is 58.6 Å². The molecule has 26 heavy (non-hydrogen) atoms. The Morgan fingerprint density at radius 3 is 2.54 bits per heavy atom. The summed E-state index contributed by atoms with van der Waals surface area (Å²) in [5, 5.41) is 9.31. The van der Waals surface area contributed by atoms with E-state index < -0.39 is 0 Å². The van der Waals surface area contributed by atoms with E-state index >= 15 is 0 Å². The third-order valence-electron chi connectivity index (χ3n) is 3.74. The van der Waals surface area contributed by atoms with E-state index in [0.29, 0.717) is 28.7 Å². The van der Waals surface area contributed by atoms with Crippen LogP contribution in [0, 0.1) is 12.8 Å². The molecule has 0 saturated carbocycles. The lowest BCUT2D eigenvalue weighted by Gasteiger charge is -2.13. The Morgan fingerprint density at radius 1 is 1.12 bits per heavy atom. The lowest BCUT2D eigenvalue weighted by Crippen LogP contribution is -2.29. The van der Waals surface area contributed by atoms with Crippen LogP contribution in [0.2, 0.25) is 5.02 Å². The fourth-order valence-electron chi connectivity index (χ4n) is 2.26. The van der Waals surface area contributed by atoms with Crippen LogP contribution >= 0.6 is 11.6 Å². The van der Waals surface area contributed by atoms with Gasteiger partial charge in [0.25, 0.3) is 5.91 Å². The minimum Gasteiger partial charge on any atom is -0.376 e. The summed E-state index contributed by atoms with van der Waals surface area (Å²) in [5.74, 6) is -0.0927. The van der Waals surface area contributed by atoms with Crippen molar-refractivity contribution < 1.29 is 9.59 Å². The number of nitrogens with one attached hydrogen (secondary N) is 3. The molecule has 0 heterocycles. The Bertz CT molecular complexity index is 790. The van der Waals surface area contributed by atoms with Gasteiger partial charge in [-0.2, -0.15) is 0 Å². The second-order valence-corrected chi connectivity index (χ2v) is 6.92. The fourth-order valence-corrected chi connectivity index (χ4v) is 2.44. The summed E-state index contributed by atoms with van der Waals surface area (Å²) in [6, 6.07) is 12.5. The zero-order valence-electron chi connectivity index (χ0n) is 15.2. The van der Waals surface area contributed by atoms with Crippen LogP contribution in [0.15, 0.2) is 42.5 Å². The maximum atomic E-state index is 12.3. The number of para-hydroxylation sites is 1. The standard InChI is InChI=1S/C20H24ClN3O2/c1-13(2)11-23-20(26)16-6-4-5-7-18(16)24-19(25)12-22-15-9-8-14(3)17(21)10-15/h4-10,13,22H,11-12H2,1-3H3,(H,23,26)(H,24,25). The predicted molar refractivity (Wildman–Crippen MR) is 107 cm³/mol. The topological polar surface area (TPSA) is 70.2 Å². The average molecular weight is 374 g/mol. The maximum absolute atomic E-state index is 12.3. The second-order valence-electron chi connectivity index (χ2n) is 6.52. The highest BCUT2D eigenvalue weighted by Gasteiger charge is 2.13. The van der Waals surface area contributed by atoms with E-state index in [2.05, 4.69) is 16.0 Å². The minimum atomic E-state index is -0.245. The van der Waals surface area contributed by atoms with E-state index in [1.54, 1.807) is 30.3 Å². The van der Waals surface area contributed by atoms with Crippen molar-refractivity contribution in [2.45, 2.75) is 20.8 Å². The molecule has 2 rings (SSSR count). The van der Waals surface area contributed by atoms with Gasteiger partial charge in [-0.25, -0.2) is 0 Å². The van der Waals surface area contributed by atoms with Gasteiger partial charge in [-0.15, -0.1) is 0 Å². The summed E-state index contributed by atoms with van der Waals surface area (Å²) < 4.78 is 0. The molecule has 0 radical (unpaired) electrons. The van der Waals surface area contributed by atoms with Crippen LogP contribution in [-0.4, -0.2) is 24.9 Å². The third-order valence-corrected chi connectivity index (χ3v) is 4.15. The number of hydrogen-bond acceptors (Lipinski definition) is 3. The van der Waals surface area contributed by atoms with Crippen LogP contribution in [0.5, 0.6) is 0 Å². The molecular weight excluding hydrogens is 350 g/mol. The Labute approximate surface area is 159 Å². The number of benzene rings is 2. The van der Waals surface area contributed by atoms with Gasteiger partial charge >= 0.3 is 0 Å². The zero-order chi connectivity index (χ0) is 19.1. The number of aryl methyl sites for hydroxylation is 1. The molecule has 0 bridgehead atoms.